The Bertz CT molecular complexity index is 717. The van der Waals surface area contributed by atoms with Gasteiger partial charge in [0.1, 0.15) is 0 Å². The third kappa shape index (κ3) is 3.57. The van der Waals surface area contributed by atoms with Crippen LogP contribution in [0.5, 0.6) is 0 Å². The Morgan fingerprint density at radius 3 is 2.83 bits per heavy atom. The van der Waals surface area contributed by atoms with Gasteiger partial charge in [0.15, 0.2) is 0 Å². The summed E-state index contributed by atoms with van der Waals surface area (Å²) in [6.07, 6.45) is 3.04. The van der Waals surface area contributed by atoms with Gasteiger partial charge in [-0.1, -0.05) is 6.92 Å². The minimum absolute atomic E-state index is 0.0844. The summed E-state index contributed by atoms with van der Waals surface area (Å²) in [5.41, 5.74) is 1.68. The molecule has 6 nitrogen and oxygen atoms in total. The van der Waals surface area contributed by atoms with E-state index in [-0.39, 0.29) is 10.8 Å². The van der Waals surface area contributed by atoms with Crippen molar-refractivity contribution in [1.29, 1.82) is 0 Å². The number of amides is 1. The van der Waals surface area contributed by atoms with Gasteiger partial charge in [-0.05, 0) is 55.5 Å². The molecule has 2 aliphatic rings. The molecule has 0 aromatic heterocycles. The molecule has 7 heteroatoms. The predicted molar refractivity (Wildman–Crippen MR) is 88.7 cm³/mol. The van der Waals surface area contributed by atoms with Crippen LogP contribution in [0.1, 0.15) is 25.3 Å². The van der Waals surface area contributed by atoms with Crippen molar-refractivity contribution in [2.75, 3.05) is 31.1 Å². The molecule has 0 unspecified atom stereocenters. The van der Waals surface area contributed by atoms with Crippen molar-refractivity contribution in [3.05, 3.63) is 23.8 Å². The van der Waals surface area contributed by atoms with Gasteiger partial charge in [0, 0.05) is 18.8 Å². The van der Waals surface area contributed by atoms with Gasteiger partial charge in [-0.15, -0.1) is 0 Å². The summed E-state index contributed by atoms with van der Waals surface area (Å²) in [6.45, 7) is 5.20. The highest BCUT2D eigenvalue weighted by molar-refractivity contribution is 7.89. The van der Waals surface area contributed by atoms with Crippen molar-refractivity contribution < 1.29 is 13.2 Å². The lowest BCUT2D eigenvalue weighted by Crippen LogP contribution is -2.43. The van der Waals surface area contributed by atoms with E-state index < -0.39 is 10.0 Å². The number of benzene rings is 1. The summed E-state index contributed by atoms with van der Waals surface area (Å²) >= 11 is 0. The van der Waals surface area contributed by atoms with Crippen LogP contribution in [0.2, 0.25) is 0 Å². The highest BCUT2D eigenvalue weighted by atomic mass is 32.2. The Hall–Kier alpha value is -1.44. The van der Waals surface area contributed by atoms with Crippen molar-refractivity contribution in [1.82, 2.24) is 4.90 Å². The van der Waals surface area contributed by atoms with Crippen LogP contribution < -0.4 is 10.0 Å². The normalized spacial score (nSPS) is 22.2. The Morgan fingerprint density at radius 2 is 2.13 bits per heavy atom. The van der Waals surface area contributed by atoms with Gasteiger partial charge in [-0.3, -0.25) is 9.69 Å². The number of fused-ring (bicyclic) bond motifs is 1. The van der Waals surface area contributed by atoms with E-state index in [2.05, 4.69) is 11.8 Å². The second-order valence-electron chi connectivity index (χ2n) is 6.61. The molecule has 1 aromatic carbocycles. The number of hydrogen-bond acceptors (Lipinski definition) is 4. The van der Waals surface area contributed by atoms with Gasteiger partial charge < -0.3 is 4.90 Å². The summed E-state index contributed by atoms with van der Waals surface area (Å²) in [6, 6.07) is 4.75. The average Bonchev–Trinajstić information content (AvgIpc) is 2.89. The zero-order valence-corrected chi connectivity index (χ0v) is 14.2. The first-order valence-electron chi connectivity index (χ1n) is 8.03. The summed E-state index contributed by atoms with van der Waals surface area (Å²) in [5.74, 6) is 0.723. The third-order valence-corrected chi connectivity index (χ3v) is 5.59. The molecule has 126 valence electrons. The summed E-state index contributed by atoms with van der Waals surface area (Å²) in [5, 5.41) is 5.17. The van der Waals surface area contributed by atoms with Crippen LogP contribution >= 0.6 is 0 Å². The molecule has 0 aliphatic carbocycles. The van der Waals surface area contributed by atoms with Crippen LogP contribution in [-0.2, 0) is 21.2 Å². The Labute approximate surface area is 137 Å². The molecule has 3 rings (SSSR count). The van der Waals surface area contributed by atoms with Crippen molar-refractivity contribution in [2.24, 2.45) is 11.1 Å². The topological polar surface area (TPSA) is 83.7 Å². The lowest BCUT2D eigenvalue weighted by molar-refractivity contribution is -0.120. The highest BCUT2D eigenvalue weighted by Crippen LogP contribution is 2.30. The maximum atomic E-state index is 12.6. The minimum Gasteiger partial charge on any atom is -0.311 e. The molecule has 2 aliphatic heterocycles. The van der Waals surface area contributed by atoms with E-state index in [4.69, 9.17) is 5.14 Å². The van der Waals surface area contributed by atoms with Crippen LogP contribution in [-0.4, -0.2) is 45.4 Å². The van der Waals surface area contributed by atoms with Gasteiger partial charge in [0.25, 0.3) is 0 Å². The van der Waals surface area contributed by atoms with Crippen molar-refractivity contribution in [3.63, 3.8) is 0 Å². The Kier molecular flexibility index (Phi) is 4.44. The first-order valence-corrected chi connectivity index (χ1v) is 9.57. The first kappa shape index (κ1) is 16.4. The number of anilines is 1. The monoisotopic (exact) mass is 337 g/mol. The van der Waals surface area contributed by atoms with Crippen LogP contribution in [0.15, 0.2) is 23.1 Å². The lowest BCUT2D eigenvalue weighted by Gasteiger charge is -2.31. The van der Waals surface area contributed by atoms with E-state index >= 15 is 0 Å². The predicted octanol–water partition coefficient (Wildman–Crippen LogP) is 0.955. The fraction of sp³-hybridized carbons (Fsp3) is 0.562. The molecule has 0 bridgehead atoms. The number of carbonyl (C=O) groups is 1. The smallest absolute Gasteiger partial charge is 0.241 e. The molecule has 1 fully saturated rings. The fourth-order valence-electron chi connectivity index (χ4n) is 3.52. The van der Waals surface area contributed by atoms with Crippen molar-refractivity contribution >= 4 is 21.6 Å². The average molecular weight is 337 g/mol. The van der Waals surface area contributed by atoms with Crippen LogP contribution in [0.3, 0.4) is 0 Å². The van der Waals surface area contributed by atoms with Crippen LogP contribution in [0.4, 0.5) is 5.69 Å². The highest BCUT2D eigenvalue weighted by Gasteiger charge is 2.28. The Balaban J connectivity index is 1.73. The molecule has 1 amide bonds. The van der Waals surface area contributed by atoms with Gasteiger partial charge in [0.2, 0.25) is 15.9 Å². The number of primary sulfonamides is 1. The van der Waals surface area contributed by atoms with Crippen LogP contribution in [0, 0.1) is 5.92 Å². The molecule has 2 N–H and O–H groups in total. The number of sulfonamides is 1. The minimum atomic E-state index is -3.70. The zero-order chi connectivity index (χ0) is 16.6. The number of hydrogen-bond donors (Lipinski definition) is 1. The quantitative estimate of drug-likeness (QED) is 0.890. The summed E-state index contributed by atoms with van der Waals surface area (Å²) in [7, 11) is -3.70. The number of nitrogens with two attached hydrogens (primary N) is 1. The third-order valence-electron chi connectivity index (χ3n) is 4.68. The lowest BCUT2D eigenvalue weighted by atomic mass is 10.0. The number of nitrogens with zero attached hydrogens (tertiary/aromatic N) is 2. The fourth-order valence-corrected chi connectivity index (χ4v) is 4.09. The van der Waals surface area contributed by atoms with Gasteiger partial charge in [0.05, 0.1) is 11.4 Å². The molecule has 1 saturated heterocycles. The van der Waals surface area contributed by atoms with E-state index in [0.29, 0.717) is 25.4 Å². The molecule has 2 heterocycles. The molecular formula is C16H23N3O3S. The van der Waals surface area contributed by atoms with E-state index in [1.807, 2.05) is 0 Å². The second kappa shape index (κ2) is 6.22. The van der Waals surface area contributed by atoms with Gasteiger partial charge in [-0.2, -0.15) is 0 Å². The molecule has 0 spiro atoms. The standard InChI is InChI=1S/C16H23N3O3S/c1-12-3-2-7-18(10-12)11-16(20)19-8-6-13-9-14(23(17,21)22)4-5-15(13)19/h4-5,9,12H,2-3,6-8,10-11H2,1H3,(H2,17,21,22)/t12-/m1/s1. The number of likely N-dealkylation sites (tertiary alicyclic amines) is 1. The molecule has 1 aromatic rings. The number of piperidine rings is 1. The first-order chi connectivity index (χ1) is 10.8. The summed E-state index contributed by atoms with van der Waals surface area (Å²) in [4.78, 5) is 16.7. The molecule has 23 heavy (non-hydrogen) atoms. The zero-order valence-electron chi connectivity index (χ0n) is 13.4. The molecule has 0 saturated carbocycles. The van der Waals surface area contributed by atoms with E-state index in [1.54, 1.807) is 17.0 Å². The molecular weight excluding hydrogens is 314 g/mol. The maximum absolute atomic E-state index is 12.6. The van der Waals surface area contributed by atoms with Crippen molar-refractivity contribution in [2.45, 2.75) is 31.1 Å². The summed E-state index contributed by atoms with van der Waals surface area (Å²) < 4.78 is 22.9. The largest absolute Gasteiger partial charge is 0.311 e. The number of rotatable bonds is 3. The van der Waals surface area contributed by atoms with Crippen molar-refractivity contribution in [3.8, 4) is 0 Å². The number of carbonyl (C=O) groups excluding carboxylic acids is 1. The van der Waals surface area contributed by atoms with Gasteiger partial charge in [-0.25, -0.2) is 13.6 Å². The van der Waals surface area contributed by atoms with E-state index in [1.165, 1.54) is 12.5 Å². The van der Waals surface area contributed by atoms with E-state index in [9.17, 15) is 13.2 Å². The maximum Gasteiger partial charge on any atom is 0.241 e. The Morgan fingerprint density at radius 1 is 1.35 bits per heavy atom. The SMILES string of the molecule is C[C@@H]1CCCN(CC(=O)N2CCc3cc(S(N)(=O)=O)ccc32)C1. The van der Waals surface area contributed by atoms with Crippen LogP contribution in [0.25, 0.3) is 0 Å². The van der Waals surface area contributed by atoms with Gasteiger partial charge >= 0.3 is 0 Å². The second-order valence-corrected chi connectivity index (χ2v) is 8.17. The molecule has 0 radical (unpaired) electrons. The molecule has 1 atom stereocenters. The van der Waals surface area contributed by atoms with E-state index in [0.717, 1.165) is 30.8 Å².